The first-order valence-corrected chi connectivity index (χ1v) is 6.78. The van der Waals surface area contributed by atoms with Crippen molar-refractivity contribution in [3.63, 3.8) is 0 Å². The molecule has 6 heteroatoms. The molecule has 0 saturated heterocycles. The Kier molecular flexibility index (Phi) is 3.93. The fourth-order valence-corrected chi connectivity index (χ4v) is 2.35. The van der Waals surface area contributed by atoms with E-state index in [1.165, 1.54) is 18.2 Å². The highest BCUT2D eigenvalue weighted by Gasteiger charge is 2.13. The van der Waals surface area contributed by atoms with Crippen LogP contribution in [0.5, 0.6) is 0 Å². The van der Waals surface area contributed by atoms with Crippen molar-refractivity contribution in [3.8, 4) is 0 Å². The van der Waals surface area contributed by atoms with Gasteiger partial charge in [0.1, 0.15) is 0 Å². The van der Waals surface area contributed by atoms with Crippen LogP contribution < -0.4 is 0 Å². The molecule has 0 amide bonds. The molecule has 0 radical (unpaired) electrons. The van der Waals surface area contributed by atoms with Gasteiger partial charge in [-0.05, 0) is 17.7 Å². The summed E-state index contributed by atoms with van der Waals surface area (Å²) in [7, 11) is -3.13. The average Bonchev–Trinajstić information content (AvgIpc) is 2.16. The van der Waals surface area contributed by atoms with Crippen LogP contribution in [0.2, 0.25) is 5.02 Å². The average molecular weight is 263 g/mol. The first-order chi connectivity index (χ1) is 7.35. The van der Waals surface area contributed by atoms with Gasteiger partial charge in [0.05, 0.1) is 16.3 Å². The largest absolute Gasteiger partial charge is 0.478 e. The molecule has 1 N–H and O–H groups in total. The second-order valence-electron chi connectivity index (χ2n) is 3.30. The molecule has 1 rings (SSSR count). The molecule has 4 nitrogen and oxygen atoms in total. The first-order valence-electron chi connectivity index (χ1n) is 4.58. The predicted octanol–water partition coefficient (Wildman–Crippen LogP) is 1.97. The normalized spacial score (nSPS) is 11.4. The number of sulfone groups is 1. The maximum absolute atomic E-state index is 11.3. The molecule has 16 heavy (non-hydrogen) atoms. The Morgan fingerprint density at radius 1 is 1.44 bits per heavy atom. The molecule has 0 fully saturated rings. The highest BCUT2D eigenvalue weighted by Crippen LogP contribution is 2.19. The van der Waals surface area contributed by atoms with Gasteiger partial charge in [-0.25, -0.2) is 13.2 Å². The summed E-state index contributed by atoms with van der Waals surface area (Å²) in [5.41, 5.74) is 0.469. The summed E-state index contributed by atoms with van der Waals surface area (Å²) >= 11 is 5.72. The summed E-state index contributed by atoms with van der Waals surface area (Å²) in [6.07, 6.45) is 0. The minimum atomic E-state index is -3.13. The topological polar surface area (TPSA) is 71.4 Å². The van der Waals surface area contributed by atoms with E-state index in [4.69, 9.17) is 16.7 Å². The number of carbonyl (C=O) groups is 1. The van der Waals surface area contributed by atoms with Crippen LogP contribution in [-0.2, 0) is 15.6 Å². The molecule has 0 aliphatic carbocycles. The molecular formula is C10H11ClO4S. The molecular weight excluding hydrogens is 252 g/mol. The van der Waals surface area contributed by atoms with Crippen LogP contribution in [0.3, 0.4) is 0 Å². The fraction of sp³-hybridized carbons (Fsp3) is 0.300. The molecule has 0 heterocycles. The van der Waals surface area contributed by atoms with Gasteiger partial charge in [0.25, 0.3) is 0 Å². The fourth-order valence-electron chi connectivity index (χ4n) is 1.18. The lowest BCUT2D eigenvalue weighted by molar-refractivity contribution is 0.0697. The van der Waals surface area contributed by atoms with Gasteiger partial charge in [-0.1, -0.05) is 24.6 Å². The van der Waals surface area contributed by atoms with Crippen molar-refractivity contribution in [1.29, 1.82) is 0 Å². The molecule has 1 aromatic rings. The van der Waals surface area contributed by atoms with Crippen molar-refractivity contribution in [3.05, 3.63) is 34.3 Å². The van der Waals surface area contributed by atoms with Crippen LogP contribution in [0.1, 0.15) is 22.8 Å². The van der Waals surface area contributed by atoms with Crippen molar-refractivity contribution in [2.45, 2.75) is 12.7 Å². The number of hydrogen-bond donors (Lipinski definition) is 1. The Morgan fingerprint density at radius 3 is 2.50 bits per heavy atom. The molecule has 0 aliphatic rings. The van der Waals surface area contributed by atoms with Crippen LogP contribution in [0.15, 0.2) is 18.2 Å². The maximum Gasteiger partial charge on any atom is 0.337 e. The minimum Gasteiger partial charge on any atom is -0.478 e. The zero-order chi connectivity index (χ0) is 12.3. The summed E-state index contributed by atoms with van der Waals surface area (Å²) in [5.74, 6) is -1.20. The minimum absolute atomic E-state index is 0.0284. The highest BCUT2D eigenvalue weighted by molar-refractivity contribution is 7.90. The van der Waals surface area contributed by atoms with Crippen LogP contribution in [-0.4, -0.2) is 25.2 Å². The standard InChI is InChI=1S/C10H11ClO4S/c1-2-16(14,15)6-7-3-4-8(10(12)13)9(11)5-7/h3-5H,2,6H2,1H3,(H,12,13). The Bertz CT molecular complexity index is 508. The number of carboxylic acid groups (broad SMARTS) is 1. The van der Waals surface area contributed by atoms with Crippen molar-refractivity contribution in [2.75, 3.05) is 5.75 Å². The third kappa shape index (κ3) is 3.21. The van der Waals surface area contributed by atoms with Gasteiger partial charge < -0.3 is 5.11 Å². The van der Waals surface area contributed by atoms with Crippen LogP contribution >= 0.6 is 11.6 Å². The number of carboxylic acids is 1. The maximum atomic E-state index is 11.3. The van der Waals surface area contributed by atoms with Gasteiger partial charge >= 0.3 is 5.97 Å². The van der Waals surface area contributed by atoms with Gasteiger partial charge in [0.15, 0.2) is 9.84 Å². The summed E-state index contributed by atoms with van der Waals surface area (Å²) in [4.78, 5) is 10.7. The second kappa shape index (κ2) is 4.84. The quantitative estimate of drug-likeness (QED) is 0.901. The van der Waals surface area contributed by atoms with Gasteiger partial charge in [0.2, 0.25) is 0 Å². The summed E-state index contributed by atoms with van der Waals surface area (Å²) in [6, 6.07) is 4.14. The van der Waals surface area contributed by atoms with Gasteiger partial charge in [-0.15, -0.1) is 0 Å². The van der Waals surface area contributed by atoms with E-state index in [-0.39, 0.29) is 22.1 Å². The van der Waals surface area contributed by atoms with Gasteiger partial charge in [0, 0.05) is 5.75 Å². The Balaban J connectivity index is 3.03. The van der Waals surface area contributed by atoms with Crippen LogP contribution in [0, 0.1) is 0 Å². The monoisotopic (exact) mass is 262 g/mol. The first kappa shape index (κ1) is 13.0. The van der Waals surface area contributed by atoms with Gasteiger partial charge in [-0.2, -0.15) is 0 Å². The molecule has 0 unspecified atom stereocenters. The SMILES string of the molecule is CCS(=O)(=O)Cc1ccc(C(=O)O)c(Cl)c1. The zero-order valence-electron chi connectivity index (χ0n) is 8.60. The van der Waals surface area contributed by atoms with E-state index in [0.29, 0.717) is 5.56 Å². The number of halogens is 1. The molecule has 0 bridgehead atoms. The smallest absolute Gasteiger partial charge is 0.337 e. The Hall–Kier alpha value is -1.07. The molecule has 0 saturated carbocycles. The van der Waals surface area contributed by atoms with Crippen LogP contribution in [0.25, 0.3) is 0 Å². The lowest BCUT2D eigenvalue weighted by atomic mass is 10.1. The van der Waals surface area contributed by atoms with Crippen molar-refractivity contribution in [2.24, 2.45) is 0 Å². The van der Waals surface area contributed by atoms with E-state index in [0.717, 1.165) is 0 Å². The van der Waals surface area contributed by atoms with Crippen LogP contribution in [0.4, 0.5) is 0 Å². The summed E-state index contributed by atoms with van der Waals surface area (Å²) < 4.78 is 22.7. The lowest BCUT2D eigenvalue weighted by Gasteiger charge is -2.04. The van der Waals surface area contributed by atoms with E-state index >= 15 is 0 Å². The van der Waals surface area contributed by atoms with E-state index in [2.05, 4.69) is 0 Å². The van der Waals surface area contributed by atoms with Crippen molar-refractivity contribution < 1.29 is 18.3 Å². The molecule has 0 spiro atoms. The zero-order valence-corrected chi connectivity index (χ0v) is 10.2. The molecule has 0 atom stereocenters. The molecule has 1 aromatic carbocycles. The van der Waals surface area contributed by atoms with E-state index in [1.807, 2.05) is 0 Å². The molecule has 88 valence electrons. The number of hydrogen-bond acceptors (Lipinski definition) is 3. The van der Waals surface area contributed by atoms with Crippen molar-refractivity contribution in [1.82, 2.24) is 0 Å². The Labute approximate surface area is 98.8 Å². The molecule has 0 aliphatic heterocycles. The Morgan fingerprint density at radius 2 is 2.06 bits per heavy atom. The summed E-state index contributed by atoms with van der Waals surface area (Å²) in [5, 5.41) is 8.78. The predicted molar refractivity (Wildman–Crippen MR) is 61.6 cm³/mol. The van der Waals surface area contributed by atoms with E-state index in [9.17, 15) is 13.2 Å². The van der Waals surface area contributed by atoms with Gasteiger partial charge in [-0.3, -0.25) is 0 Å². The summed E-state index contributed by atoms with van der Waals surface area (Å²) in [6.45, 7) is 1.56. The molecule has 0 aromatic heterocycles. The second-order valence-corrected chi connectivity index (χ2v) is 6.06. The highest BCUT2D eigenvalue weighted by atomic mass is 35.5. The van der Waals surface area contributed by atoms with E-state index < -0.39 is 15.8 Å². The third-order valence-electron chi connectivity index (χ3n) is 2.09. The number of aromatic carboxylic acids is 1. The number of rotatable bonds is 4. The third-order valence-corrected chi connectivity index (χ3v) is 4.06. The lowest BCUT2D eigenvalue weighted by Crippen LogP contribution is -2.07. The van der Waals surface area contributed by atoms with Crippen molar-refractivity contribution >= 4 is 27.4 Å². The van der Waals surface area contributed by atoms with E-state index in [1.54, 1.807) is 6.92 Å². The number of benzene rings is 1.